The van der Waals surface area contributed by atoms with Crippen LogP contribution in [-0.2, 0) is 0 Å². The second-order valence-corrected chi connectivity index (χ2v) is 8.10. The summed E-state index contributed by atoms with van der Waals surface area (Å²) in [5, 5.41) is 8.07. The van der Waals surface area contributed by atoms with Gasteiger partial charge in [0.1, 0.15) is 0 Å². The fourth-order valence-corrected chi connectivity index (χ4v) is 3.59. The minimum Gasteiger partial charge on any atom is -0.319 e. The van der Waals surface area contributed by atoms with Gasteiger partial charge in [-0.15, -0.1) is 5.10 Å². The summed E-state index contributed by atoms with van der Waals surface area (Å²) in [7, 11) is 0. The number of anilines is 1. The Kier molecular flexibility index (Phi) is 5.61. The van der Waals surface area contributed by atoms with Crippen LogP contribution in [0.1, 0.15) is 32.9 Å². The van der Waals surface area contributed by atoms with E-state index in [0.29, 0.717) is 16.5 Å². The molecule has 0 radical (unpaired) electrons. The smallest absolute Gasteiger partial charge is 0.295 e. The molecule has 0 fully saturated rings. The maximum absolute atomic E-state index is 13.0. The number of aromatic nitrogens is 3. The van der Waals surface area contributed by atoms with Crippen LogP contribution in [-0.4, -0.2) is 20.7 Å². The van der Waals surface area contributed by atoms with E-state index in [1.807, 2.05) is 70.2 Å². The van der Waals surface area contributed by atoms with Crippen molar-refractivity contribution in [3.05, 3.63) is 93.8 Å². The van der Waals surface area contributed by atoms with Gasteiger partial charge in [-0.25, -0.2) is 9.67 Å². The Labute approximate surface area is 186 Å². The lowest BCUT2D eigenvalue weighted by Crippen LogP contribution is -2.15. The van der Waals surface area contributed by atoms with Gasteiger partial charge in [0.2, 0.25) is 5.82 Å². The van der Waals surface area contributed by atoms with E-state index in [4.69, 9.17) is 11.6 Å². The summed E-state index contributed by atoms with van der Waals surface area (Å²) in [6.07, 6.45) is 0. The number of nitrogens with zero attached hydrogens (tertiary/aromatic N) is 3. The number of benzene rings is 3. The van der Waals surface area contributed by atoms with Crippen LogP contribution in [0.3, 0.4) is 0 Å². The SMILES string of the molecule is Cc1cccc(-c2nc(C(=O)Nc3cccc(Cl)c3C)nn2-c2cc(C)ccc2C)c1. The maximum atomic E-state index is 13.0. The fourth-order valence-electron chi connectivity index (χ4n) is 3.42. The monoisotopic (exact) mass is 430 g/mol. The highest BCUT2D eigenvalue weighted by Crippen LogP contribution is 2.26. The molecule has 0 atom stereocenters. The summed E-state index contributed by atoms with van der Waals surface area (Å²) in [5.41, 5.74) is 6.47. The summed E-state index contributed by atoms with van der Waals surface area (Å²) in [5.74, 6) is 0.325. The molecule has 1 heterocycles. The molecule has 6 heteroatoms. The zero-order chi connectivity index (χ0) is 22.1. The molecule has 4 aromatic rings. The molecule has 5 nitrogen and oxygen atoms in total. The number of aryl methyl sites for hydroxylation is 3. The Morgan fingerprint density at radius 3 is 2.45 bits per heavy atom. The Morgan fingerprint density at radius 2 is 1.68 bits per heavy atom. The molecular formula is C25H23ClN4O. The Bertz CT molecular complexity index is 1290. The topological polar surface area (TPSA) is 59.8 Å². The third-order valence-corrected chi connectivity index (χ3v) is 5.60. The van der Waals surface area contributed by atoms with Gasteiger partial charge in [-0.2, -0.15) is 0 Å². The molecule has 0 aliphatic heterocycles. The molecule has 0 spiro atoms. The molecule has 0 bridgehead atoms. The number of hydrogen-bond donors (Lipinski definition) is 1. The second-order valence-electron chi connectivity index (χ2n) is 7.70. The van der Waals surface area contributed by atoms with Gasteiger partial charge in [0.25, 0.3) is 5.91 Å². The van der Waals surface area contributed by atoms with E-state index in [0.717, 1.165) is 33.5 Å². The molecule has 1 aromatic heterocycles. The fraction of sp³-hybridized carbons (Fsp3) is 0.160. The van der Waals surface area contributed by atoms with Gasteiger partial charge in [-0.3, -0.25) is 4.79 Å². The van der Waals surface area contributed by atoms with Crippen LogP contribution < -0.4 is 5.32 Å². The molecule has 1 N–H and O–H groups in total. The van der Waals surface area contributed by atoms with E-state index in [2.05, 4.69) is 21.5 Å². The first-order chi connectivity index (χ1) is 14.8. The van der Waals surface area contributed by atoms with Crippen molar-refractivity contribution in [3.63, 3.8) is 0 Å². The van der Waals surface area contributed by atoms with E-state index in [9.17, 15) is 4.79 Å². The number of rotatable bonds is 4. The lowest BCUT2D eigenvalue weighted by molar-refractivity contribution is 0.101. The molecule has 31 heavy (non-hydrogen) atoms. The molecule has 1 amide bonds. The molecule has 0 aliphatic carbocycles. The third-order valence-electron chi connectivity index (χ3n) is 5.20. The molecule has 4 rings (SSSR count). The minimum atomic E-state index is -0.386. The van der Waals surface area contributed by atoms with Crippen molar-refractivity contribution in [2.75, 3.05) is 5.32 Å². The highest BCUT2D eigenvalue weighted by Gasteiger charge is 2.20. The Hall–Kier alpha value is -3.44. The van der Waals surface area contributed by atoms with Gasteiger partial charge in [0.05, 0.1) is 5.69 Å². The number of nitrogens with one attached hydrogen (secondary N) is 1. The molecule has 0 unspecified atom stereocenters. The molecule has 3 aromatic carbocycles. The summed E-state index contributed by atoms with van der Waals surface area (Å²) in [4.78, 5) is 17.7. The molecule has 0 aliphatic rings. The van der Waals surface area contributed by atoms with Crippen molar-refractivity contribution in [2.45, 2.75) is 27.7 Å². The van der Waals surface area contributed by atoms with Gasteiger partial charge in [0, 0.05) is 16.3 Å². The van der Waals surface area contributed by atoms with Crippen LogP contribution >= 0.6 is 11.6 Å². The normalized spacial score (nSPS) is 10.9. The first-order valence-electron chi connectivity index (χ1n) is 10.0. The lowest BCUT2D eigenvalue weighted by Gasteiger charge is -2.10. The average molecular weight is 431 g/mol. The van der Waals surface area contributed by atoms with E-state index < -0.39 is 0 Å². The molecular weight excluding hydrogens is 408 g/mol. The number of carbonyl (C=O) groups is 1. The van der Waals surface area contributed by atoms with Crippen LogP contribution in [0.2, 0.25) is 5.02 Å². The quantitative estimate of drug-likeness (QED) is 0.427. The number of amides is 1. The van der Waals surface area contributed by atoms with Crippen molar-refractivity contribution < 1.29 is 4.79 Å². The molecule has 156 valence electrons. The average Bonchev–Trinajstić information content (AvgIpc) is 3.18. The van der Waals surface area contributed by atoms with Gasteiger partial charge in [-0.1, -0.05) is 53.6 Å². The predicted octanol–water partition coefficient (Wildman–Crippen LogP) is 6.07. The largest absolute Gasteiger partial charge is 0.319 e. The summed E-state index contributed by atoms with van der Waals surface area (Å²) >= 11 is 6.19. The van der Waals surface area contributed by atoms with Crippen molar-refractivity contribution >= 4 is 23.2 Å². The van der Waals surface area contributed by atoms with Gasteiger partial charge >= 0.3 is 0 Å². The molecule has 0 saturated carbocycles. The first-order valence-corrected chi connectivity index (χ1v) is 10.4. The zero-order valence-corrected chi connectivity index (χ0v) is 18.7. The summed E-state index contributed by atoms with van der Waals surface area (Å²) in [6.45, 7) is 7.93. The molecule has 0 saturated heterocycles. The van der Waals surface area contributed by atoms with Crippen molar-refractivity contribution in [1.82, 2.24) is 14.8 Å². The van der Waals surface area contributed by atoms with E-state index in [-0.39, 0.29) is 11.7 Å². The van der Waals surface area contributed by atoms with Crippen LogP contribution in [0, 0.1) is 27.7 Å². The maximum Gasteiger partial charge on any atom is 0.295 e. The number of halogens is 1. The van der Waals surface area contributed by atoms with Gasteiger partial charge in [0.15, 0.2) is 5.82 Å². The highest BCUT2D eigenvalue weighted by molar-refractivity contribution is 6.31. The van der Waals surface area contributed by atoms with Crippen molar-refractivity contribution in [2.24, 2.45) is 0 Å². The van der Waals surface area contributed by atoms with Crippen LogP contribution in [0.25, 0.3) is 17.1 Å². The number of carbonyl (C=O) groups excluding carboxylic acids is 1. The summed E-state index contributed by atoms with van der Waals surface area (Å²) < 4.78 is 1.75. The van der Waals surface area contributed by atoms with Crippen LogP contribution in [0.4, 0.5) is 5.69 Å². The van der Waals surface area contributed by atoms with Crippen LogP contribution in [0.15, 0.2) is 60.7 Å². The van der Waals surface area contributed by atoms with Crippen molar-refractivity contribution in [1.29, 1.82) is 0 Å². The van der Waals surface area contributed by atoms with E-state index in [1.54, 1.807) is 16.8 Å². The van der Waals surface area contributed by atoms with Crippen molar-refractivity contribution in [3.8, 4) is 17.1 Å². The highest BCUT2D eigenvalue weighted by atomic mass is 35.5. The van der Waals surface area contributed by atoms with Crippen LogP contribution in [0.5, 0.6) is 0 Å². The standard InChI is InChI=1S/C25H23ClN4O/c1-15-7-5-8-19(13-15)24-28-23(25(31)27-21-10-6-9-20(26)18(21)4)29-30(24)22-14-16(2)11-12-17(22)3/h5-14H,1-4H3,(H,27,31). The third kappa shape index (κ3) is 4.23. The lowest BCUT2D eigenvalue weighted by atomic mass is 10.1. The zero-order valence-electron chi connectivity index (χ0n) is 17.9. The van der Waals surface area contributed by atoms with Gasteiger partial charge < -0.3 is 5.32 Å². The minimum absolute atomic E-state index is 0.0942. The summed E-state index contributed by atoms with van der Waals surface area (Å²) in [6, 6.07) is 19.5. The Balaban J connectivity index is 1.82. The first kappa shape index (κ1) is 20.8. The van der Waals surface area contributed by atoms with E-state index >= 15 is 0 Å². The second kappa shape index (κ2) is 8.36. The predicted molar refractivity (Wildman–Crippen MR) is 125 cm³/mol. The van der Waals surface area contributed by atoms with Gasteiger partial charge in [-0.05, 0) is 68.7 Å². The van der Waals surface area contributed by atoms with E-state index in [1.165, 1.54) is 0 Å². The number of hydrogen-bond acceptors (Lipinski definition) is 3. The Morgan fingerprint density at radius 1 is 0.935 bits per heavy atom.